The maximum Gasteiger partial charge on any atom is 0.220 e. The summed E-state index contributed by atoms with van der Waals surface area (Å²) in [6.45, 7) is 0.810. The lowest BCUT2D eigenvalue weighted by Gasteiger charge is -2.33. The molecule has 2 aliphatic heterocycles. The van der Waals surface area contributed by atoms with Crippen molar-refractivity contribution < 1.29 is 24.5 Å². The highest BCUT2D eigenvalue weighted by molar-refractivity contribution is 6.05. The second-order valence-electron chi connectivity index (χ2n) is 6.07. The smallest absolute Gasteiger partial charge is 0.220 e. The van der Waals surface area contributed by atoms with E-state index in [1.807, 2.05) is 18.2 Å². The highest BCUT2D eigenvalue weighted by Crippen LogP contribution is 2.34. The van der Waals surface area contributed by atoms with Gasteiger partial charge in [-0.1, -0.05) is 6.07 Å². The third-order valence-electron chi connectivity index (χ3n) is 4.79. The van der Waals surface area contributed by atoms with Crippen molar-refractivity contribution in [2.45, 2.75) is 6.42 Å². The first-order chi connectivity index (χ1) is 12.2. The predicted molar refractivity (Wildman–Crippen MR) is 97.9 cm³/mol. The SMILES string of the molecule is COC1=CC2=C3C=c4ccc(OC)c(OC)c4=CN3CCC2=CC1=O.O. The van der Waals surface area contributed by atoms with Crippen molar-refractivity contribution in [3.05, 3.63) is 57.3 Å². The molecule has 3 aliphatic rings. The minimum Gasteiger partial charge on any atom is -0.493 e. The Kier molecular flexibility index (Phi) is 4.61. The molecule has 1 aliphatic carbocycles. The first-order valence-electron chi connectivity index (χ1n) is 8.12. The average molecular weight is 355 g/mol. The lowest BCUT2D eigenvalue weighted by Crippen LogP contribution is -2.38. The van der Waals surface area contributed by atoms with Crippen LogP contribution in [0.25, 0.3) is 12.3 Å². The number of allylic oxidation sites excluding steroid dienone is 4. The van der Waals surface area contributed by atoms with Gasteiger partial charge in [0, 0.05) is 29.2 Å². The van der Waals surface area contributed by atoms with Gasteiger partial charge in [0.25, 0.3) is 0 Å². The van der Waals surface area contributed by atoms with Crippen LogP contribution >= 0.6 is 0 Å². The van der Waals surface area contributed by atoms with Gasteiger partial charge < -0.3 is 24.6 Å². The lowest BCUT2D eigenvalue weighted by atomic mass is 9.89. The molecule has 6 nitrogen and oxygen atoms in total. The number of carbonyl (C=O) groups excluding carboxylic acids is 1. The largest absolute Gasteiger partial charge is 0.493 e. The van der Waals surface area contributed by atoms with Crippen LogP contribution in [0.3, 0.4) is 0 Å². The van der Waals surface area contributed by atoms with E-state index in [9.17, 15) is 4.79 Å². The van der Waals surface area contributed by atoms with Crippen LogP contribution in [0.4, 0.5) is 0 Å². The number of rotatable bonds is 3. The van der Waals surface area contributed by atoms with Crippen LogP contribution in [0.1, 0.15) is 6.42 Å². The van der Waals surface area contributed by atoms with Gasteiger partial charge in [-0.2, -0.15) is 0 Å². The quantitative estimate of drug-likeness (QED) is 0.785. The van der Waals surface area contributed by atoms with E-state index >= 15 is 0 Å². The molecule has 0 saturated carbocycles. The van der Waals surface area contributed by atoms with Crippen LogP contribution in [0.2, 0.25) is 0 Å². The molecule has 1 aromatic rings. The molecule has 6 heteroatoms. The van der Waals surface area contributed by atoms with Gasteiger partial charge in [-0.15, -0.1) is 0 Å². The topological polar surface area (TPSA) is 79.5 Å². The lowest BCUT2D eigenvalue weighted by molar-refractivity contribution is -0.114. The van der Waals surface area contributed by atoms with Crippen molar-refractivity contribution in [1.29, 1.82) is 0 Å². The molecule has 136 valence electrons. The fourth-order valence-electron chi connectivity index (χ4n) is 3.55. The Morgan fingerprint density at radius 1 is 1.00 bits per heavy atom. The molecule has 0 aromatic heterocycles. The van der Waals surface area contributed by atoms with Crippen LogP contribution in [0, 0.1) is 0 Å². The molecule has 0 spiro atoms. The number of methoxy groups -OCH3 is 3. The Labute approximate surface area is 151 Å². The van der Waals surface area contributed by atoms with Crippen molar-refractivity contribution in [3.63, 3.8) is 0 Å². The molecule has 4 rings (SSSR count). The molecular weight excluding hydrogens is 334 g/mol. The van der Waals surface area contributed by atoms with E-state index in [1.165, 1.54) is 7.11 Å². The van der Waals surface area contributed by atoms with Crippen LogP contribution < -0.4 is 19.9 Å². The summed E-state index contributed by atoms with van der Waals surface area (Å²) < 4.78 is 16.2. The summed E-state index contributed by atoms with van der Waals surface area (Å²) in [4.78, 5) is 14.2. The van der Waals surface area contributed by atoms with Crippen molar-refractivity contribution in [2.75, 3.05) is 27.9 Å². The summed E-state index contributed by atoms with van der Waals surface area (Å²) in [5, 5.41) is 2.06. The summed E-state index contributed by atoms with van der Waals surface area (Å²) in [6, 6.07) is 3.92. The fraction of sp³-hybridized carbons (Fsp3) is 0.250. The molecule has 0 saturated heterocycles. The maximum atomic E-state index is 12.0. The molecule has 2 heterocycles. The zero-order valence-corrected chi connectivity index (χ0v) is 15.0. The Balaban J connectivity index is 0.00000196. The van der Waals surface area contributed by atoms with E-state index in [4.69, 9.17) is 14.2 Å². The third-order valence-corrected chi connectivity index (χ3v) is 4.79. The molecule has 26 heavy (non-hydrogen) atoms. The normalized spacial score (nSPS) is 17.3. The number of ketones is 1. The molecule has 0 unspecified atom stereocenters. The molecule has 0 fully saturated rings. The van der Waals surface area contributed by atoms with Crippen LogP contribution in [0.5, 0.6) is 11.5 Å². The van der Waals surface area contributed by atoms with E-state index in [1.54, 1.807) is 20.3 Å². The number of benzene rings is 1. The van der Waals surface area contributed by atoms with Crippen molar-refractivity contribution in [2.24, 2.45) is 0 Å². The van der Waals surface area contributed by atoms with E-state index in [0.717, 1.165) is 46.0 Å². The van der Waals surface area contributed by atoms with Gasteiger partial charge in [-0.3, -0.25) is 4.79 Å². The average Bonchev–Trinajstić information content (AvgIpc) is 2.64. The summed E-state index contributed by atoms with van der Waals surface area (Å²) in [7, 11) is 4.81. The number of nitrogens with zero attached hydrogens (tertiary/aromatic N) is 1. The third kappa shape index (κ3) is 2.59. The zero-order chi connectivity index (χ0) is 17.6. The first-order valence-corrected chi connectivity index (χ1v) is 8.12. The zero-order valence-electron chi connectivity index (χ0n) is 15.0. The molecule has 0 amide bonds. The van der Waals surface area contributed by atoms with Gasteiger partial charge >= 0.3 is 0 Å². The Bertz CT molecular complexity index is 984. The molecule has 2 N–H and O–H groups in total. The molecular formula is C20H21NO5. The molecule has 1 aromatic carbocycles. The Hall–Kier alpha value is -2.99. The van der Waals surface area contributed by atoms with Crippen LogP contribution in [-0.2, 0) is 9.53 Å². The summed E-state index contributed by atoms with van der Waals surface area (Å²) in [5.74, 6) is 1.75. The first kappa shape index (κ1) is 17.8. The van der Waals surface area contributed by atoms with Gasteiger partial charge in [0.1, 0.15) is 0 Å². The number of ether oxygens (including phenoxy) is 3. The maximum absolute atomic E-state index is 12.0. The van der Waals surface area contributed by atoms with Crippen molar-refractivity contribution in [3.8, 4) is 11.5 Å². The van der Waals surface area contributed by atoms with Gasteiger partial charge in [0.2, 0.25) is 5.78 Å². The molecule has 0 radical (unpaired) electrons. The van der Waals surface area contributed by atoms with Gasteiger partial charge in [-0.05, 0) is 41.5 Å². The number of fused-ring (bicyclic) bond motifs is 3. The predicted octanol–water partition coefficient (Wildman–Crippen LogP) is 0.410. The standard InChI is InChI=1S/C20H19NO4.H2O/c1-23-18-5-4-12-8-16-14-10-19(24-2)17(22)9-13(14)6-7-21(16)11-15(12)20(18)25-3;/h4-5,8-11H,6-7H2,1-3H3;1H2. The van der Waals surface area contributed by atoms with Gasteiger partial charge in [0.15, 0.2) is 17.3 Å². The van der Waals surface area contributed by atoms with Gasteiger partial charge in [-0.25, -0.2) is 0 Å². The molecule has 0 bridgehead atoms. The Morgan fingerprint density at radius 2 is 1.81 bits per heavy atom. The minimum atomic E-state index is -0.0677. The van der Waals surface area contributed by atoms with E-state index in [-0.39, 0.29) is 11.3 Å². The Morgan fingerprint density at radius 3 is 2.50 bits per heavy atom. The summed E-state index contributed by atoms with van der Waals surface area (Å²) >= 11 is 0. The highest BCUT2D eigenvalue weighted by atomic mass is 16.5. The second kappa shape index (κ2) is 6.72. The van der Waals surface area contributed by atoms with Gasteiger partial charge in [0.05, 0.1) is 21.3 Å². The summed E-state index contributed by atoms with van der Waals surface area (Å²) in [5.41, 5.74) is 3.17. The molecule has 0 atom stereocenters. The minimum absolute atomic E-state index is 0. The number of carbonyl (C=O) groups is 1. The van der Waals surface area contributed by atoms with Crippen molar-refractivity contribution >= 4 is 18.1 Å². The van der Waals surface area contributed by atoms with E-state index in [2.05, 4.69) is 17.2 Å². The second-order valence-corrected chi connectivity index (χ2v) is 6.07. The number of hydrogen-bond acceptors (Lipinski definition) is 5. The summed E-state index contributed by atoms with van der Waals surface area (Å²) in [6.07, 6.45) is 8.56. The van der Waals surface area contributed by atoms with Crippen LogP contribution in [-0.4, -0.2) is 44.0 Å². The highest BCUT2D eigenvalue weighted by Gasteiger charge is 2.27. The fourth-order valence-corrected chi connectivity index (χ4v) is 3.55. The van der Waals surface area contributed by atoms with Crippen LogP contribution in [0.15, 0.2) is 46.9 Å². The van der Waals surface area contributed by atoms with Crippen molar-refractivity contribution in [1.82, 2.24) is 4.90 Å². The monoisotopic (exact) mass is 355 g/mol. The van der Waals surface area contributed by atoms with E-state index < -0.39 is 0 Å². The number of hydrogen-bond donors (Lipinski definition) is 0. The van der Waals surface area contributed by atoms with E-state index in [0.29, 0.717) is 11.5 Å².